The summed E-state index contributed by atoms with van der Waals surface area (Å²) in [6, 6.07) is 9.45. The average Bonchev–Trinajstić information content (AvgIpc) is 2.36. The van der Waals surface area contributed by atoms with E-state index in [2.05, 4.69) is 0 Å². The number of benzene rings is 1. The summed E-state index contributed by atoms with van der Waals surface area (Å²) >= 11 is 0. The second kappa shape index (κ2) is 7.49. The van der Waals surface area contributed by atoms with Crippen LogP contribution in [0.1, 0.15) is 13.3 Å². The van der Waals surface area contributed by atoms with E-state index in [1.807, 2.05) is 30.3 Å². The fourth-order valence-electron chi connectivity index (χ4n) is 1.42. The highest BCUT2D eigenvalue weighted by molar-refractivity contribution is 7.58. The van der Waals surface area contributed by atoms with Gasteiger partial charge in [-0.2, -0.15) is 0 Å². The van der Waals surface area contributed by atoms with E-state index in [4.69, 9.17) is 14.4 Å². The largest absolute Gasteiger partial charge is 0.494 e. The Morgan fingerprint density at radius 2 is 2.00 bits per heavy atom. The fraction of sp³-hybridized carbons (Fsp3) is 0.500. The van der Waals surface area contributed by atoms with E-state index in [0.717, 1.165) is 5.75 Å². The summed E-state index contributed by atoms with van der Waals surface area (Å²) in [5, 5.41) is 9.00. The Balaban J connectivity index is 2.26. The number of hydrogen-bond acceptors (Lipinski definition) is 4. The molecule has 0 bridgehead atoms. The van der Waals surface area contributed by atoms with Gasteiger partial charge in [-0.05, 0) is 25.5 Å². The molecule has 0 heterocycles. The fourth-order valence-corrected chi connectivity index (χ4v) is 2.86. The van der Waals surface area contributed by atoms with Crippen molar-refractivity contribution in [3.05, 3.63) is 30.3 Å². The van der Waals surface area contributed by atoms with Crippen LogP contribution in [0.3, 0.4) is 0 Å². The van der Waals surface area contributed by atoms with Crippen molar-refractivity contribution < 1.29 is 18.9 Å². The Labute approximate surface area is 102 Å². The molecule has 0 fully saturated rings. The standard InChI is InChI=1S/C12H19O4P/c1-2-16-17(14,11-13)10-6-9-15-12-7-4-3-5-8-12/h3-5,7-8,13H,2,6,9-11H2,1H3. The molecule has 1 unspecified atom stereocenters. The minimum atomic E-state index is -2.85. The first-order valence-corrected chi connectivity index (χ1v) is 7.71. The number of rotatable bonds is 8. The summed E-state index contributed by atoms with van der Waals surface area (Å²) in [6.07, 6.45) is 0.559. The Kier molecular flexibility index (Phi) is 6.27. The highest BCUT2D eigenvalue weighted by Crippen LogP contribution is 2.45. The van der Waals surface area contributed by atoms with Crippen molar-refractivity contribution in [3.63, 3.8) is 0 Å². The van der Waals surface area contributed by atoms with Crippen LogP contribution in [0.25, 0.3) is 0 Å². The van der Waals surface area contributed by atoms with E-state index in [1.165, 1.54) is 0 Å². The molecule has 0 aliphatic heterocycles. The van der Waals surface area contributed by atoms with Gasteiger partial charge in [0.2, 0.25) is 7.37 Å². The maximum absolute atomic E-state index is 11.9. The molecule has 0 amide bonds. The second-order valence-electron chi connectivity index (χ2n) is 3.61. The summed E-state index contributed by atoms with van der Waals surface area (Å²) in [5.74, 6) is 0.794. The molecule has 0 saturated carbocycles. The number of aliphatic hydroxyl groups is 1. The van der Waals surface area contributed by atoms with Crippen LogP contribution >= 0.6 is 7.37 Å². The van der Waals surface area contributed by atoms with Gasteiger partial charge >= 0.3 is 0 Å². The first-order valence-electron chi connectivity index (χ1n) is 5.71. The maximum Gasteiger partial charge on any atom is 0.227 e. The minimum absolute atomic E-state index is 0.351. The molecule has 1 rings (SSSR count). The van der Waals surface area contributed by atoms with E-state index in [0.29, 0.717) is 25.8 Å². The van der Waals surface area contributed by atoms with Gasteiger partial charge in [0.1, 0.15) is 12.1 Å². The number of aliphatic hydroxyl groups excluding tert-OH is 1. The molecule has 5 heteroatoms. The topological polar surface area (TPSA) is 55.8 Å². The van der Waals surface area contributed by atoms with E-state index >= 15 is 0 Å². The molecule has 96 valence electrons. The molecule has 17 heavy (non-hydrogen) atoms. The van der Waals surface area contributed by atoms with Gasteiger partial charge < -0.3 is 14.4 Å². The summed E-state index contributed by atoms with van der Waals surface area (Å²) in [4.78, 5) is 0. The lowest BCUT2D eigenvalue weighted by atomic mass is 10.3. The van der Waals surface area contributed by atoms with Gasteiger partial charge in [0, 0.05) is 6.16 Å². The van der Waals surface area contributed by atoms with Crippen molar-refractivity contribution in [1.29, 1.82) is 0 Å². The van der Waals surface area contributed by atoms with Crippen molar-refractivity contribution in [2.75, 3.05) is 25.7 Å². The van der Waals surface area contributed by atoms with Crippen LogP contribution in [-0.2, 0) is 9.09 Å². The van der Waals surface area contributed by atoms with E-state index < -0.39 is 13.7 Å². The molecule has 0 aliphatic carbocycles. The monoisotopic (exact) mass is 258 g/mol. The molecule has 1 N–H and O–H groups in total. The van der Waals surface area contributed by atoms with Crippen molar-refractivity contribution in [3.8, 4) is 5.75 Å². The summed E-state index contributed by atoms with van der Waals surface area (Å²) < 4.78 is 22.4. The summed E-state index contributed by atoms with van der Waals surface area (Å²) in [7, 11) is -2.85. The van der Waals surface area contributed by atoms with Crippen molar-refractivity contribution in [1.82, 2.24) is 0 Å². The van der Waals surface area contributed by atoms with Crippen LogP contribution in [-0.4, -0.2) is 30.8 Å². The molecule has 0 saturated heterocycles. The number of ether oxygens (including phenoxy) is 1. The number of hydrogen-bond donors (Lipinski definition) is 1. The third-order valence-electron chi connectivity index (χ3n) is 2.23. The van der Waals surface area contributed by atoms with Gasteiger partial charge in [0.25, 0.3) is 0 Å². The molecule has 1 aromatic carbocycles. The van der Waals surface area contributed by atoms with Gasteiger partial charge in [-0.1, -0.05) is 18.2 Å². The van der Waals surface area contributed by atoms with Gasteiger partial charge in [-0.25, -0.2) is 0 Å². The summed E-state index contributed by atoms with van der Waals surface area (Å²) in [6.45, 7) is 2.60. The van der Waals surface area contributed by atoms with Crippen LogP contribution in [0.5, 0.6) is 5.75 Å². The predicted octanol–water partition coefficient (Wildman–Crippen LogP) is 2.72. The molecule has 0 aliphatic rings. The summed E-state index contributed by atoms with van der Waals surface area (Å²) in [5.41, 5.74) is 0. The van der Waals surface area contributed by atoms with Gasteiger partial charge in [-0.3, -0.25) is 4.57 Å². The third kappa shape index (κ3) is 5.35. The third-order valence-corrected chi connectivity index (χ3v) is 4.39. The lowest BCUT2D eigenvalue weighted by molar-refractivity contribution is 0.277. The molecular weight excluding hydrogens is 239 g/mol. The van der Waals surface area contributed by atoms with E-state index in [9.17, 15) is 4.57 Å². The first kappa shape index (κ1) is 14.2. The van der Waals surface area contributed by atoms with Gasteiger partial charge in [0.15, 0.2) is 0 Å². The SMILES string of the molecule is CCOP(=O)(CO)CCCOc1ccccc1. The highest BCUT2D eigenvalue weighted by Gasteiger charge is 2.20. The molecule has 1 atom stereocenters. The lowest BCUT2D eigenvalue weighted by Crippen LogP contribution is -2.05. The van der Waals surface area contributed by atoms with E-state index in [-0.39, 0.29) is 0 Å². The Hall–Kier alpha value is -0.830. The zero-order chi connectivity index (χ0) is 12.6. The van der Waals surface area contributed by atoms with Crippen molar-refractivity contribution in [2.45, 2.75) is 13.3 Å². The molecule has 0 aromatic heterocycles. The van der Waals surface area contributed by atoms with Crippen LogP contribution < -0.4 is 4.74 Å². The molecule has 0 radical (unpaired) electrons. The first-order chi connectivity index (χ1) is 8.20. The van der Waals surface area contributed by atoms with E-state index in [1.54, 1.807) is 6.92 Å². The molecule has 4 nitrogen and oxygen atoms in total. The van der Waals surface area contributed by atoms with Gasteiger partial charge in [-0.15, -0.1) is 0 Å². The zero-order valence-electron chi connectivity index (χ0n) is 10.0. The van der Waals surface area contributed by atoms with Gasteiger partial charge in [0.05, 0.1) is 13.2 Å². The normalized spacial score (nSPS) is 14.2. The Bertz CT molecular complexity index is 353. The van der Waals surface area contributed by atoms with Crippen LogP contribution in [0.2, 0.25) is 0 Å². The highest BCUT2D eigenvalue weighted by atomic mass is 31.2. The van der Waals surface area contributed by atoms with Crippen molar-refractivity contribution in [2.24, 2.45) is 0 Å². The van der Waals surface area contributed by atoms with Crippen LogP contribution in [0, 0.1) is 0 Å². The zero-order valence-corrected chi connectivity index (χ0v) is 10.9. The molecular formula is C12H19O4P. The lowest BCUT2D eigenvalue weighted by Gasteiger charge is -2.15. The Morgan fingerprint density at radius 1 is 1.29 bits per heavy atom. The Morgan fingerprint density at radius 3 is 2.59 bits per heavy atom. The van der Waals surface area contributed by atoms with Crippen molar-refractivity contribution >= 4 is 7.37 Å². The predicted molar refractivity (Wildman–Crippen MR) is 67.7 cm³/mol. The minimum Gasteiger partial charge on any atom is -0.494 e. The average molecular weight is 258 g/mol. The smallest absolute Gasteiger partial charge is 0.227 e. The quantitative estimate of drug-likeness (QED) is 0.575. The van der Waals surface area contributed by atoms with Crippen LogP contribution in [0.4, 0.5) is 0 Å². The molecule has 0 spiro atoms. The number of para-hydroxylation sites is 1. The van der Waals surface area contributed by atoms with Crippen LogP contribution in [0.15, 0.2) is 30.3 Å². The second-order valence-corrected chi connectivity index (χ2v) is 6.23. The maximum atomic E-state index is 11.9. The molecule has 1 aromatic rings.